The van der Waals surface area contributed by atoms with Crippen LogP contribution in [0.2, 0.25) is 0 Å². The number of aliphatic hydroxyl groups is 1. The molecular weight excluding hydrogens is 350 g/mol. The first-order valence-electron chi connectivity index (χ1n) is 9.25. The van der Waals surface area contributed by atoms with Crippen molar-refractivity contribution in [1.29, 1.82) is 0 Å². The van der Waals surface area contributed by atoms with Gasteiger partial charge in [0.2, 0.25) is 0 Å². The normalized spacial score (nSPS) is 12.6. The largest absolute Gasteiger partial charge is 0.396 e. The lowest BCUT2D eigenvalue weighted by Crippen LogP contribution is -2.08. The van der Waals surface area contributed by atoms with E-state index in [0.717, 1.165) is 44.6 Å². The van der Waals surface area contributed by atoms with Gasteiger partial charge in [-0.15, -0.1) is 0 Å². The zero-order chi connectivity index (χ0) is 18.9. The minimum atomic E-state index is -0.0106. The summed E-state index contributed by atoms with van der Waals surface area (Å²) in [6.45, 7) is 0.0663. The Morgan fingerprint density at radius 1 is 0.893 bits per heavy atom. The fraction of sp³-hybridized carbons (Fsp3) is 0.136. The Morgan fingerprint density at radius 2 is 1.64 bits per heavy atom. The zero-order valence-corrected chi connectivity index (χ0v) is 15.1. The molecule has 1 unspecified atom stereocenters. The minimum absolute atomic E-state index is 0.0106. The number of aromatic nitrogens is 5. The molecule has 0 saturated carbocycles. The van der Waals surface area contributed by atoms with Crippen molar-refractivity contribution in [2.45, 2.75) is 12.3 Å². The molecule has 0 radical (unpaired) electrons. The Balaban J connectivity index is 1.52. The molecule has 2 aromatic carbocycles. The van der Waals surface area contributed by atoms with Crippen LogP contribution in [-0.4, -0.2) is 36.9 Å². The van der Waals surface area contributed by atoms with E-state index in [9.17, 15) is 5.11 Å². The highest BCUT2D eigenvalue weighted by molar-refractivity contribution is 6.00. The van der Waals surface area contributed by atoms with Crippen molar-refractivity contribution in [2.24, 2.45) is 0 Å². The van der Waals surface area contributed by atoms with Crippen molar-refractivity contribution < 1.29 is 5.11 Å². The summed E-state index contributed by atoms with van der Waals surface area (Å²) in [6, 6.07) is 18.0. The molecule has 5 rings (SSSR count). The van der Waals surface area contributed by atoms with Crippen LogP contribution in [0.1, 0.15) is 17.3 Å². The van der Waals surface area contributed by atoms with E-state index in [-0.39, 0.29) is 12.5 Å². The number of imidazole rings is 1. The highest BCUT2D eigenvalue weighted by Gasteiger charge is 2.16. The van der Waals surface area contributed by atoms with Gasteiger partial charge >= 0.3 is 0 Å². The molecule has 0 spiro atoms. The third-order valence-electron chi connectivity index (χ3n) is 5.09. The van der Waals surface area contributed by atoms with Crippen molar-refractivity contribution in [3.8, 4) is 11.3 Å². The van der Waals surface area contributed by atoms with E-state index in [1.54, 1.807) is 12.4 Å². The molecule has 3 N–H and O–H groups in total. The number of rotatable bonds is 5. The Kier molecular flexibility index (Phi) is 4.10. The van der Waals surface area contributed by atoms with E-state index < -0.39 is 0 Å². The first kappa shape index (κ1) is 16.6. The molecule has 6 heteroatoms. The van der Waals surface area contributed by atoms with E-state index >= 15 is 0 Å². The van der Waals surface area contributed by atoms with Crippen molar-refractivity contribution in [2.75, 3.05) is 6.61 Å². The second-order valence-electron chi connectivity index (χ2n) is 6.88. The zero-order valence-electron chi connectivity index (χ0n) is 15.1. The number of benzene rings is 2. The Bertz CT molecular complexity index is 1230. The fourth-order valence-electron chi connectivity index (χ4n) is 3.64. The first-order valence-corrected chi connectivity index (χ1v) is 9.25. The van der Waals surface area contributed by atoms with Gasteiger partial charge < -0.3 is 10.2 Å². The number of nitrogens with one attached hydrogen (secondary N) is 2. The molecule has 138 valence electrons. The lowest BCUT2D eigenvalue weighted by molar-refractivity contribution is 0.263. The lowest BCUT2D eigenvalue weighted by Gasteiger charge is -2.12. The third-order valence-corrected chi connectivity index (χ3v) is 5.09. The number of aromatic amines is 2. The summed E-state index contributed by atoms with van der Waals surface area (Å²) in [5.41, 5.74) is 5.85. The van der Waals surface area contributed by atoms with Gasteiger partial charge in [-0.25, -0.2) is 9.97 Å². The summed E-state index contributed by atoms with van der Waals surface area (Å²) in [4.78, 5) is 13.5. The number of nitrogens with zero attached hydrogens (tertiary/aromatic N) is 3. The average Bonchev–Trinajstić information content (AvgIpc) is 3.34. The lowest BCUT2D eigenvalue weighted by atomic mass is 9.96. The first-order chi connectivity index (χ1) is 13.8. The van der Waals surface area contributed by atoms with Crippen molar-refractivity contribution in [3.63, 3.8) is 0 Å². The predicted octanol–water partition coefficient (Wildman–Crippen LogP) is 3.82. The quantitative estimate of drug-likeness (QED) is 0.439. The topological polar surface area (TPSA) is 90.5 Å². The van der Waals surface area contributed by atoms with Crippen molar-refractivity contribution in [1.82, 2.24) is 25.1 Å². The van der Waals surface area contributed by atoms with Gasteiger partial charge in [-0.3, -0.25) is 10.1 Å². The van der Waals surface area contributed by atoms with Gasteiger partial charge in [0, 0.05) is 35.7 Å². The van der Waals surface area contributed by atoms with Crippen LogP contribution in [0.15, 0.2) is 67.0 Å². The van der Waals surface area contributed by atoms with Gasteiger partial charge in [0.15, 0.2) is 0 Å². The number of pyridine rings is 1. The summed E-state index contributed by atoms with van der Waals surface area (Å²) < 4.78 is 0. The van der Waals surface area contributed by atoms with Gasteiger partial charge in [-0.1, -0.05) is 30.3 Å². The Labute approximate surface area is 161 Å². The second-order valence-corrected chi connectivity index (χ2v) is 6.88. The molecule has 0 saturated heterocycles. The highest BCUT2D eigenvalue weighted by atomic mass is 16.3. The predicted molar refractivity (Wildman–Crippen MR) is 109 cm³/mol. The van der Waals surface area contributed by atoms with E-state index in [4.69, 9.17) is 9.97 Å². The maximum atomic E-state index is 9.83. The van der Waals surface area contributed by atoms with E-state index in [2.05, 4.69) is 21.2 Å². The molecule has 0 fully saturated rings. The van der Waals surface area contributed by atoms with Gasteiger partial charge in [-0.2, -0.15) is 0 Å². The summed E-state index contributed by atoms with van der Waals surface area (Å²) in [6.07, 6.45) is 4.16. The van der Waals surface area contributed by atoms with Crippen LogP contribution >= 0.6 is 0 Å². The smallest absolute Gasteiger partial charge is 0.130 e. The van der Waals surface area contributed by atoms with Crippen LogP contribution in [0.25, 0.3) is 33.2 Å². The molecule has 0 aliphatic rings. The average molecular weight is 369 g/mol. The summed E-state index contributed by atoms with van der Waals surface area (Å²) >= 11 is 0. The van der Waals surface area contributed by atoms with Gasteiger partial charge in [0.1, 0.15) is 5.82 Å². The molecule has 0 amide bonds. The van der Waals surface area contributed by atoms with Crippen LogP contribution < -0.4 is 0 Å². The molecule has 1 atom stereocenters. The maximum Gasteiger partial charge on any atom is 0.130 e. The molecule has 0 bridgehead atoms. The van der Waals surface area contributed by atoms with E-state index in [1.807, 2.05) is 48.5 Å². The number of H-pyrrole nitrogens is 2. The highest BCUT2D eigenvalue weighted by Crippen LogP contribution is 2.29. The van der Waals surface area contributed by atoms with Crippen molar-refractivity contribution >= 4 is 21.9 Å². The fourth-order valence-corrected chi connectivity index (χ4v) is 3.64. The van der Waals surface area contributed by atoms with Crippen molar-refractivity contribution in [3.05, 3.63) is 78.4 Å². The maximum absolute atomic E-state index is 9.83. The standard InChI is InChI=1S/C22H19N5O/c28-13-16(14-4-2-1-3-5-14)10-21-24-19-11-17-18(12-20(19)25-21)26-27-22(17)15-6-8-23-9-7-15/h1-9,11-12,16,26-28H,10,13H2. The van der Waals surface area contributed by atoms with Gasteiger partial charge in [-0.05, 0) is 29.8 Å². The molecule has 5 aromatic rings. The SMILES string of the molecule is OCC(Cc1nc2cc3[nH][nH]c(-c4ccncc4)c3cc2n1)c1ccccc1. The molecule has 3 heterocycles. The minimum Gasteiger partial charge on any atom is -0.396 e. The molecule has 0 aliphatic carbocycles. The third kappa shape index (κ3) is 2.93. The van der Waals surface area contributed by atoms with Crippen LogP contribution in [0.3, 0.4) is 0 Å². The number of fused-ring (bicyclic) bond motifs is 2. The molecule has 3 aromatic heterocycles. The van der Waals surface area contributed by atoms with Crippen LogP contribution in [0.5, 0.6) is 0 Å². The second kappa shape index (κ2) is 6.90. The number of hydrogen-bond donors (Lipinski definition) is 3. The summed E-state index contributed by atoms with van der Waals surface area (Å²) in [7, 11) is 0. The van der Waals surface area contributed by atoms with Crippen LogP contribution in [-0.2, 0) is 6.42 Å². The van der Waals surface area contributed by atoms with Gasteiger partial charge in [0.25, 0.3) is 0 Å². The van der Waals surface area contributed by atoms with Crippen LogP contribution in [0, 0.1) is 0 Å². The summed E-state index contributed by atoms with van der Waals surface area (Å²) in [5, 5.41) is 17.3. The summed E-state index contributed by atoms with van der Waals surface area (Å²) in [5.74, 6) is 0.739. The number of aliphatic hydroxyl groups excluding tert-OH is 1. The Morgan fingerprint density at radius 3 is 2.39 bits per heavy atom. The monoisotopic (exact) mass is 369 g/mol. The molecular formula is C22H19N5O. The van der Waals surface area contributed by atoms with Crippen LogP contribution in [0.4, 0.5) is 0 Å². The van der Waals surface area contributed by atoms with E-state index in [1.165, 1.54) is 0 Å². The molecule has 6 nitrogen and oxygen atoms in total. The van der Waals surface area contributed by atoms with E-state index in [0.29, 0.717) is 6.42 Å². The number of hydrogen-bond acceptors (Lipinski definition) is 4. The molecule has 0 aliphatic heterocycles. The Hall–Kier alpha value is -3.51. The molecule has 28 heavy (non-hydrogen) atoms. The van der Waals surface area contributed by atoms with Gasteiger partial charge in [0.05, 0.1) is 28.9 Å².